The van der Waals surface area contributed by atoms with Crippen LogP contribution in [0.5, 0.6) is 0 Å². The summed E-state index contributed by atoms with van der Waals surface area (Å²) < 4.78 is 0. The third-order valence-electron chi connectivity index (χ3n) is 4.76. The lowest BCUT2D eigenvalue weighted by Crippen LogP contribution is -2.32. The van der Waals surface area contributed by atoms with Crippen LogP contribution >= 0.6 is 0 Å². The van der Waals surface area contributed by atoms with Gasteiger partial charge in [0.1, 0.15) is 0 Å². The SMILES string of the molecule is CC=CC=CC=CC=CC=CC(O)C(C)C(O)C(C)C=CCCC=CC=CC=CC=CC(=O)O. The highest BCUT2D eigenvalue weighted by atomic mass is 16.4. The van der Waals surface area contributed by atoms with Gasteiger partial charge in [0.05, 0.1) is 12.2 Å². The molecule has 0 aromatic rings. The Kier molecular flexibility index (Phi) is 19.6. The zero-order valence-corrected chi connectivity index (χ0v) is 20.5. The van der Waals surface area contributed by atoms with Crippen molar-refractivity contribution in [2.24, 2.45) is 11.8 Å². The largest absolute Gasteiger partial charge is 0.478 e. The van der Waals surface area contributed by atoms with Crippen LogP contribution in [0.2, 0.25) is 0 Å². The van der Waals surface area contributed by atoms with Crippen LogP contribution in [-0.4, -0.2) is 33.5 Å². The number of allylic oxidation sites excluding steroid dienone is 17. The Hall–Kier alpha value is -3.21. The van der Waals surface area contributed by atoms with Gasteiger partial charge in [0.25, 0.3) is 0 Å². The van der Waals surface area contributed by atoms with Crippen molar-refractivity contribution in [1.82, 2.24) is 0 Å². The normalized spacial score (nSPS) is 17.6. The molecule has 34 heavy (non-hydrogen) atoms. The summed E-state index contributed by atoms with van der Waals surface area (Å²) in [6, 6.07) is 0. The van der Waals surface area contributed by atoms with Gasteiger partial charge in [0, 0.05) is 17.9 Å². The summed E-state index contributed by atoms with van der Waals surface area (Å²) in [6.45, 7) is 5.76. The molecule has 0 rings (SSSR count). The van der Waals surface area contributed by atoms with Crippen LogP contribution in [0.4, 0.5) is 0 Å². The maximum atomic E-state index is 10.5. The lowest BCUT2D eigenvalue weighted by molar-refractivity contribution is -0.131. The first-order valence-electron chi connectivity index (χ1n) is 11.6. The zero-order chi connectivity index (χ0) is 25.4. The van der Waals surface area contributed by atoms with E-state index in [0.717, 1.165) is 18.9 Å². The molecule has 0 fully saturated rings. The van der Waals surface area contributed by atoms with Crippen molar-refractivity contribution in [2.45, 2.75) is 45.8 Å². The summed E-state index contributed by atoms with van der Waals surface area (Å²) >= 11 is 0. The third-order valence-corrected chi connectivity index (χ3v) is 4.76. The van der Waals surface area contributed by atoms with E-state index in [1.54, 1.807) is 24.3 Å². The Balaban J connectivity index is 4.30. The fraction of sp³-hybridized carbons (Fsp3) is 0.300. The molecule has 0 radical (unpaired) electrons. The minimum Gasteiger partial charge on any atom is -0.478 e. The van der Waals surface area contributed by atoms with Crippen LogP contribution in [0.3, 0.4) is 0 Å². The highest BCUT2D eigenvalue weighted by molar-refractivity contribution is 5.80. The summed E-state index contributed by atoms with van der Waals surface area (Å²) in [6.07, 6.45) is 36.9. The predicted molar refractivity (Wildman–Crippen MR) is 144 cm³/mol. The van der Waals surface area contributed by atoms with Gasteiger partial charge in [-0.25, -0.2) is 4.79 Å². The van der Waals surface area contributed by atoms with Crippen LogP contribution in [0.25, 0.3) is 0 Å². The number of carboxylic acid groups (broad SMARTS) is 1. The summed E-state index contributed by atoms with van der Waals surface area (Å²) in [5.41, 5.74) is 0. The number of aliphatic carboxylic acids is 1. The first kappa shape index (κ1) is 30.8. The number of carbonyl (C=O) groups is 1. The topological polar surface area (TPSA) is 77.8 Å². The monoisotopic (exact) mass is 464 g/mol. The van der Waals surface area contributed by atoms with Gasteiger partial charge < -0.3 is 15.3 Å². The Labute approximate surface area is 205 Å². The van der Waals surface area contributed by atoms with E-state index >= 15 is 0 Å². The number of hydrogen-bond donors (Lipinski definition) is 3. The quantitative estimate of drug-likeness (QED) is 0.106. The van der Waals surface area contributed by atoms with Crippen molar-refractivity contribution in [3.05, 3.63) is 122 Å². The smallest absolute Gasteiger partial charge is 0.328 e. The molecule has 0 saturated carbocycles. The highest BCUT2D eigenvalue weighted by Crippen LogP contribution is 2.19. The van der Waals surface area contributed by atoms with Gasteiger partial charge in [-0.3, -0.25) is 0 Å². The first-order chi connectivity index (χ1) is 16.4. The minimum absolute atomic E-state index is 0.0617. The number of rotatable bonds is 16. The molecule has 0 heterocycles. The van der Waals surface area contributed by atoms with Gasteiger partial charge in [0.15, 0.2) is 0 Å². The van der Waals surface area contributed by atoms with Gasteiger partial charge in [-0.2, -0.15) is 0 Å². The number of aliphatic hydroxyl groups is 2. The lowest BCUT2D eigenvalue weighted by atomic mass is 9.88. The second kappa shape index (κ2) is 21.6. The average molecular weight is 465 g/mol. The van der Waals surface area contributed by atoms with E-state index in [0.29, 0.717) is 0 Å². The van der Waals surface area contributed by atoms with E-state index in [1.807, 2.05) is 106 Å². The molecule has 3 N–H and O–H groups in total. The number of carboxylic acids is 1. The van der Waals surface area contributed by atoms with Crippen LogP contribution in [-0.2, 0) is 4.79 Å². The number of hydrogen-bond acceptors (Lipinski definition) is 3. The van der Waals surface area contributed by atoms with Crippen LogP contribution in [0.15, 0.2) is 122 Å². The molecule has 0 spiro atoms. The Morgan fingerprint density at radius 2 is 1.18 bits per heavy atom. The van der Waals surface area contributed by atoms with Gasteiger partial charge in [0.2, 0.25) is 0 Å². The molecule has 0 bridgehead atoms. The summed E-state index contributed by atoms with van der Waals surface area (Å²) in [5.74, 6) is -1.31. The van der Waals surface area contributed by atoms with E-state index in [-0.39, 0.29) is 11.8 Å². The summed E-state index contributed by atoms with van der Waals surface area (Å²) in [7, 11) is 0. The van der Waals surface area contributed by atoms with Crippen molar-refractivity contribution in [3.8, 4) is 0 Å². The van der Waals surface area contributed by atoms with Gasteiger partial charge in [-0.15, -0.1) is 0 Å². The van der Waals surface area contributed by atoms with Gasteiger partial charge in [-0.05, 0) is 19.8 Å². The Morgan fingerprint density at radius 3 is 1.76 bits per heavy atom. The van der Waals surface area contributed by atoms with Crippen molar-refractivity contribution in [1.29, 1.82) is 0 Å². The fourth-order valence-electron chi connectivity index (χ4n) is 2.72. The molecule has 0 aromatic carbocycles. The minimum atomic E-state index is -0.966. The van der Waals surface area contributed by atoms with Crippen molar-refractivity contribution in [2.75, 3.05) is 0 Å². The maximum Gasteiger partial charge on any atom is 0.328 e. The molecule has 0 aromatic heterocycles. The summed E-state index contributed by atoms with van der Waals surface area (Å²) in [4.78, 5) is 10.3. The second-order valence-electron chi connectivity index (χ2n) is 7.67. The molecule has 0 aliphatic heterocycles. The Bertz CT molecular complexity index is 832. The predicted octanol–water partition coefficient (Wildman–Crippen LogP) is 6.43. The molecule has 0 saturated heterocycles. The molecule has 4 nitrogen and oxygen atoms in total. The first-order valence-corrected chi connectivity index (χ1v) is 11.6. The molecule has 0 amide bonds. The van der Waals surface area contributed by atoms with Gasteiger partial charge in [-0.1, -0.05) is 129 Å². The fourth-order valence-corrected chi connectivity index (χ4v) is 2.72. The molecule has 0 aliphatic rings. The van der Waals surface area contributed by atoms with Crippen molar-refractivity contribution < 1.29 is 20.1 Å². The zero-order valence-electron chi connectivity index (χ0n) is 20.5. The molecular weight excluding hydrogens is 424 g/mol. The number of aliphatic hydroxyl groups excluding tert-OH is 2. The third kappa shape index (κ3) is 18.4. The van der Waals surface area contributed by atoms with Crippen molar-refractivity contribution >= 4 is 5.97 Å². The van der Waals surface area contributed by atoms with E-state index in [9.17, 15) is 15.0 Å². The van der Waals surface area contributed by atoms with Crippen LogP contribution < -0.4 is 0 Å². The molecular formula is C30H40O4. The van der Waals surface area contributed by atoms with Gasteiger partial charge >= 0.3 is 5.97 Å². The van der Waals surface area contributed by atoms with E-state index in [2.05, 4.69) is 0 Å². The maximum absolute atomic E-state index is 10.5. The standard InChI is InChI=1S/C30H40O4/c1-4-5-6-7-8-11-15-18-21-24-28(31)27(3)30(34)26(2)23-20-17-14-12-9-10-13-16-19-22-25-29(32)33/h4-13,15-16,18-28,30-31,34H,14,17H2,1-3H3,(H,32,33). The van der Waals surface area contributed by atoms with Crippen molar-refractivity contribution in [3.63, 3.8) is 0 Å². The lowest BCUT2D eigenvalue weighted by Gasteiger charge is -2.25. The second-order valence-corrected chi connectivity index (χ2v) is 7.67. The summed E-state index contributed by atoms with van der Waals surface area (Å²) in [5, 5.41) is 29.3. The van der Waals surface area contributed by atoms with E-state index in [1.165, 1.54) is 6.08 Å². The molecule has 4 unspecified atom stereocenters. The van der Waals surface area contributed by atoms with E-state index in [4.69, 9.17) is 5.11 Å². The molecule has 4 heteroatoms. The van der Waals surface area contributed by atoms with Crippen LogP contribution in [0, 0.1) is 11.8 Å². The molecule has 0 aliphatic carbocycles. The van der Waals surface area contributed by atoms with E-state index < -0.39 is 18.2 Å². The molecule has 184 valence electrons. The average Bonchev–Trinajstić information content (AvgIpc) is 2.82. The number of unbranched alkanes of at least 4 members (excludes halogenated alkanes) is 1. The van der Waals surface area contributed by atoms with Crippen LogP contribution in [0.1, 0.15) is 33.6 Å². The highest BCUT2D eigenvalue weighted by Gasteiger charge is 2.24. The Morgan fingerprint density at radius 1 is 0.676 bits per heavy atom. The molecule has 4 atom stereocenters.